The van der Waals surface area contributed by atoms with Gasteiger partial charge >= 0.3 is 5.69 Å². The van der Waals surface area contributed by atoms with Crippen molar-refractivity contribution >= 4 is 17.1 Å². The summed E-state index contributed by atoms with van der Waals surface area (Å²) in [6.45, 7) is 4.02. The van der Waals surface area contributed by atoms with E-state index in [-0.39, 0.29) is 10.6 Å². The minimum Gasteiger partial charge on any atom is -0.379 e. The van der Waals surface area contributed by atoms with Gasteiger partial charge in [-0.05, 0) is 18.6 Å². The van der Waals surface area contributed by atoms with Gasteiger partial charge in [-0.15, -0.1) is 0 Å². The molecule has 1 aromatic heterocycles. The fourth-order valence-electron chi connectivity index (χ4n) is 2.02. The zero-order chi connectivity index (χ0) is 15.1. The number of nitrogens with one attached hydrogen (secondary N) is 2. The lowest BCUT2D eigenvalue weighted by Gasteiger charge is -2.11. The number of rotatable bonds is 8. The molecule has 0 fully saturated rings. The number of benzene rings is 1. The van der Waals surface area contributed by atoms with Crippen molar-refractivity contribution in [2.45, 2.75) is 19.9 Å². The molecule has 21 heavy (non-hydrogen) atoms. The zero-order valence-corrected chi connectivity index (χ0v) is 12.0. The average Bonchev–Trinajstić information content (AvgIpc) is 2.98. The van der Waals surface area contributed by atoms with Gasteiger partial charge in [0.05, 0.1) is 11.3 Å². The SMILES string of the molecule is CCCNc1cccc(NCCn2ccnc2)c1[N+](=O)[O-]. The summed E-state index contributed by atoms with van der Waals surface area (Å²) >= 11 is 0. The van der Waals surface area contributed by atoms with Crippen LogP contribution in [0.4, 0.5) is 17.1 Å². The molecule has 0 spiro atoms. The second kappa shape index (κ2) is 7.28. The molecule has 0 aliphatic rings. The molecule has 2 N–H and O–H groups in total. The van der Waals surface area contributed by atoms with Crippen LogP contribution in [-0.2, 0) is 6.54 Å². The second-order valence-electron chi connectivity index (χ2n) is 4.61. The van der Waals surface area contributed by atoms with Crippen LogP contribution in [-0.4, -0.2) is 27.6 Å². The first-order valence-corrected chi connectivity index (χ1v) is 6.93. The van der Waals surface area contributed by atoms with Crippen LogP contribution in [0.3, 0.4) is 0 Å². The van der Waals surface area contributed by atoms with Crippen molar-refractivity contribution in [2.24, 2.45) is 0 Å². The van der Waals surface area contributed by atoms with Crippen molar-refractivity contribution in [3.8, 4) is 0 Å². The summed E-state index contributed by atoms with van der Waals surface area (Å²) in [6.07, 6.45) is 6.19. The van der Waals surface area contributed by atoms with Crippen LogP contribution in [0, 0.1) is 10.1 Å². The van der Waals surface area contributed by atoms with Crippen molar-refractivity contribution < 1.29 is 4.92 Å². The summed E-state index contributed by atoms with van der Waals surface area (Å²) in [6, 6.07) is 5.27. The standard InChI is InChI=1S/C14H19N5O2/c1-2-6-16-12-4-3-5-13(14(12)19(20)21)17-8-10-18-9-7-15-11-18/h3-5,7,9,11,16-17H,2,6,8,10H2,1H3. The lowest BCUT2D eigenvalue weighted by atomic mass is 10.2. The molecule has 2 rings (SSSR count). The van der Waals surface area contributed by atoms with Gasteiger partial charge in [0.15, 0.2) is 0 Å². The highest BCUT2D eigenvalue weighted by molar-refractivity contribution is 5.76. The highest BCUT2D eigenvalue weighted by Crippen LogP contribution is 2.32. The second-order valence-corrected chi connectivity index (χ2v) is 4.61. The third kappa shape index (κ3) is 3.95. The van der Waals surface area contributed by atoms with Crippen molar-refractivity contribution in [1.82, 2.24) is 9.55 Å². The van der Waals surface area contributed by atoms with Crippen LogP contribution in [0.2, 0.25) is 0 Å². The Morgan fingerprint density at radius 3 is 2.57 bits per heavy atom. The molecular weight excluding hydrogens is 270 g/mol. The van der Waals surface area contributed by atoms with Crippen molar-refractivity contribution in [2.75, 3.05) is 23.7 Å². The van der Waals surface area contributed by atoms with Crippen LogP contribution in [0.1, 0.15) is 13.3 Å². The van der Waals surface area contributed by atoms with Crippen molar-refractivity contribution in [3.63, 3.8) is 0 Å². The number of nitrogens with zero attached hydrogens (tertiary/aromatic N) is 3. The fraction of sp³-hybridized carbons (Fsp3) is 0.357. The van der Waals surface area contributed by atoms with E-state index in [1.807, 2.05) is 23.8 Å². The molecule has 7 heteroatoms. The van der Waals surface area contributed by atoms with Gasteiger partial charge in [0.1, 0.15) is 11.4 Å². The van der Waals surface area contributed by atoms with E-state index in [0.717, 1.165) is 6.42 Å². The summed E-state index contributed by atoms with van der Waals surface area (Å²) in [7, 11) is 0. The van der Waals surface area contributed by atoms with E-state index in [4.69, 9.17) is 0 Å². The monoisotopic (exact) mass is 289 g/mol. The molecule has 0 aliphatic carbocycles. The maximum atomic E-state index is 11.3. The van der Waals surface area contributed by atoms with E-state index in [2.05, 4.69) is 15.6 Å². The Morgan fingerprint density at radius 2 is 2.00 bits per heavy atom. The molecule has 0 aliphatic heterocycles. The van der Waals surface area contributed by atoms with Crippen LogP contribution >= 0.6 is 0 Å². The predicted molar refractivity (Wildman–Crippen MR) is 82.6 cm³/mol. The molecule has 0 bridgehead atoms. The summed E-state index contributed by atoms with van der Waals surface area (Å²) in [5, 5.41) is 17.5. The van der Waals surface area contributed by atoms with E-state index in [0.29, 0.717) is 31.0 Å². The van der Waals surface area contributed by atoms with Gasteiger partial charge in [0.2, 0.25) is 0 Å². The predicted octanol–water partition coefficient (Wildman–Crippen LogP) is 2.73. The third-order valence-corrected chi connectivity index (χ3v) is 3.03. The Hall–Kier alpha value is -2.57. The number of aromatic nitrogens is 2. The van der Waals surface area contributed by atoms with Gasteiger partial charge in [-0.2, -0.15) is 0 Å². The molecule has 0 saturated heterocycles. The van der Waals surface area contributed by atoms with Crippen LogP contribution in [0.25, 0.3) is 0 Å². The minimum atomic E-state index is -0.350. The first-order chi connectivity index (χ1) is 10.2. The molecule has 1 heterocycles. The first kappa shape index (κ1) is 14.8. The molecule has 0 amide bonds. The van der Waals surface area contributed by atoms with E-state index >= 15 is 0 Å². The number of nitro groups is 1. The highest BCUT2D eigenvalue weighted by atomic mass is 16.6. The molecule has 1 aromatic carbocycles. The number of hydrogen-bond acceptors (Lipinski definition) is 5. The Balaban J connectivity index is 2.08. The Labute approximate surface area is 123 Å². The van der Waals surface area contributed by atoms with Gasteiger partial charge in [-0.1, -0.05) is 13.0 Å². The summed E-state index contributed by atoms with van der Waals surface area (Å²) in [5.41, 5.74) is 1.17. The Kier molecular flexibility index (Phi) is 5.14. The smallest absolute Gasteiger partial charge is 0.315 e. The van der Waals surface area contributed by atoms with Gasteiger partial charge in [0.25, 0.3) is 0 Å². The summed E-state index contributed by atoms with van der Waals surface area (Å²) < 4.78 is 1.91. The largest absolute Gasteiger partial charge is 0.379 e. The first-order valence-electron chi connectivity index (χ1n) is 6.93. The summed E-state index contributed by atoms with van der Waals surface area (Å²) in [4.78, 5) is 14.9. The average molecular weight is 289 g/mol. The van der Waals surface area contributed by atoms with E-state index in [1.165, 1.54) is 0 Å². The molecular formula is C14H19N5O2. The molecule has 112 valence electrons. The Morgan fingerprint density at radius 1 is 1.29 bits per heavy atom. The van der Waals surface area contributed by atoms with Gasteiger partial charge in [-0.25, -0.2) is 4.98 Å². The van der Waals surface area contributed by atoms with Crippen molar-refractivity contribution in [1.29, 1.82) is 0 Å². The molecule has 0 saturated carbocycles. The quantitative estimate of drug-likeness (QED) is 0.576. The number of nitro benzene ring substituents is 1. The molecule has 7 nitrogen and oxygen atoms in total. The maximum Gasteiger partial charge on any atom is 0.315 e. The molecule has 0 atom stereocenters. The van der Waals surface area contributed by atoms with E-state index in [9.17, 15) is 10.1 Å². The number of imidazole rings is 1. The molecule has 0 radical (unpaired) electrons. The van der Waals surface area contributed by atoms with Crippen LogP contribution in [0.15, 0.2) is 36.9 Å². The lowest BCUT2D eigenvalue weighted by molar-refractivity contribution is -0.383. The minimum absolute atomic E-state index is 0.0941. The van der Waals surface area contributed by atoms with Gasteiger partial charge in [0, 0.05) is 32.0 Å². The number of para-hydroxylation sites is 1. The lowest BCUT2D eigenvalue weighted by Crippen LogP contribution is -2.11. The fourth-order valence-corrected chi connectivity index (χ4v) is 2.02. The molecule has 2 aromatic rings. The van der Waals surface area contributed by atoms with Crippen molar-refractivity contribution in [3.05, 3.63) is 47.0 Å². The van der Waals surface area contributed by atoms with E-state index in [1.54, 1.807) is 24.7 Å². The van der Waals surface area contributed by atoms with E-state index < -0.39 is 0 Å². The topological polar surface area (TPSA) is 85.0 Å². The maximum absolute atomic E-state index is 11.3. The van der Waals surface area contributed by atoms with Gasteiger partial charge in [-0.3, -0.25) is 10.1 Å². The summed E-state index contributed by atoms with van der Waals surface area (Å²) in [5.74, 6) is 0. The normalized spacial score (nSPS) is 10.3. The number of hydrogen-bond donors (Lipinski definition) is 2. The zero-order valence-electron chi connectivity index (χ0n) is 12.0. The Bertz CT molecular complexity index is 583. The van der Waals surface area contributed by atoms with Crippen LogP contribution < -0.4 is 10.6 Å². The molecule has 0 unspecified atom stereocenters. The van der Waals surface area contributed by atoms with Gasteiger partial charge < -0.3 is 15.2 Å². The highest BCUT2D eigenvalue weighted by Gasteiger charge is 2.18. The van der Waals surface area contributed by atoms with Crippen LogP contribution in [0.5, 0.6) is 0 Å². The number of anilines is 2. The third-order valence-electron chi connectivity index (χ3n) is 3.03.